The Hall–Kier alpha value is -0.860. The zero-order valence-corrected chi connectivity index (χ0v) is 13.7. The summed E-state index contributed by atoms with van der Waals surface area (Å²) >= 11 is 0. The average Bonchev–Trinajstić information content (AvgIpc) is 2.56. The summed E-state index contributed by atoms with van der Waals surface area (Å²) in [5, 5.41) is 0. The molecule has 0 bridgehead atoms. The molecule has 0 radical (unpaired) electrons. The summed E-state index contributed by atoms with van der Waals surface area (Å²) in [5.41, 5.74) is 2.82. The number of nitrogens with zero attached hydrogens (tertiary/aromatic N) is 2. The maximum absolute atomic E-state index is 2.76. The first-order valence-corrected chi connectivity index (χ1v) is 8.79. The lowest BCUT2D eigenvalue weighted by Gasteiger charge is -2.42. The molecule has 1 aromatic carbocycles. The van der Waals surface area contributed by atoms with Gasteiger partial charge in [0.2, 0.25) is 0 Å². The van der Waals surface area contributed by atoms with Crippen LogP contribution in [0.15, 0.2) is 24.3 Å². The Labute approximate surface area is 130 Å². The molecule has 1 aliphatic heterocycles. The molecule has 2 aliphatic rings. The largest absolute Gasteiger partial charge is 0.298 e. The minimum absolute atomic E-state index is 0.555. The van der Waals surface area contributed by atoms with E-state index in [1.807, 2.05) is 0 Å². The molecule has 1 unspecified atom stereocenters. The summed E-state index contributed by atoms with van der Waals surface area (Å²) in [6, 6.07) is 10.5. The summed E-state index contributed by atoms with van der Waals surface area (Å²) in [7, 11) is 0. The quantitative estimate of drug-likeness (QED) is 0.828. The van der Waals surface area contributed by atoms with Gasteiger partial charge in [-0.1, -0.05) is 49.1 Å². The van der Waals surface area contributed by atoms with Crippen LogP contribution < -0.4 is 0 Å². The van der Waals surface area contributed by atoms with Crippen LogP contribution in [-0.2, 0) is 0 Å². The van der Waals surface area contributed by atoms with Crippen molar-refractivity contribution in [1.29, 1.82) is 0 Å². The highest BCUT2D eigenvalue weighted by atomic mass is 15.3. The van der Waals surface area contributed by atoms with Crippen LogP contribution in [0.25, 0.3) is 0 Å². The van der Waals surface area contributed by atoms with E-state index < -0.39 is 0 Å². The van der Waals surface area contributed by atoms with E-state index in [0.29, 0.717) is 6.04 Å². The molecule has 3 rings (SSSR count). The van der Waals surface area contributed by atoms with E-state index in [-0.39, 0.29) is 0 Å². The van der Waals surface area contributed by atoms with Gasteiger partial charge in [0, 0.05) is 38.3 Å². The van der Waals surface area contributed by atoms with Gasteiger partial charge in [0.25, 0.3) is 0 Å². The number of aryl methyl sites for hydroxylation is 1. The standard InChI is InChI=1S/C19H30N2/c1-16-8-10-18(11-9-16)17(2)20-12-14-21(15-13-20)19-6-4-3-5-7-19/h8-11,17,19H,3-7,12-15H2,1-2H3. The smallest absolute Gasteiger partial charge is 0.0320 e. The third-order valence-electron chi connectivity index (χ3n) is 5.55. The first-order valence-electron chi connectivity index (χ1n) is 8.79. The second kappa shape index (κ2) is 6.93. The van der Waals surface area contributed by atoms with Crippen LogP contribution in [0.4, 0.5) is 0 Å². The van der Waals surface area contributed by atoms with Gasteiger partial charge in [0.1, 0.15) is 0 Å². The second-order valence-corrected chi connectivity index (χ2v) is 6.95. The van der Waals surface area contributed by atoms with Gasteiger partial charge in [-0.25, -0.2) is 0 Å². The molecule has 1 aromatic rings. The normalized spacial score (nSPS) is 24.1. The Morgan fingerprint density at radius 1 is 0.905 bits per heavy atom. The molecule has 0 amide bonds. The Kier molecular flexibility index (Phi) is 4.97. The number of benzene rings is 1. The SMILES string of the molecule is Cc1ccc(C(C)N2CCN(C3CCCCC3)CC2)cc1. The van der Waals surface area contributed by atoms with Crippen LogP contribution in [-0.4, -0.2) is 42.0 Å². The van der Waals surface area contributed by atoms with Crippen molar-refractivity contribution in [2.24, 2.45) is 0 Å². The molecule has 2 heteroatoms. The van der Waals surface area contributed by atoms with Gasteiger partial charge in [-0.3, -0.25) is 9.80 Å². The lowest BCUT2D eigenvalue weighted by atomic mass is 9.93. The zero-order chi connectivity index (χ0) is 14.7. The summed E-state index contributed by atoms with van der Waals surface area (Å²) in [4.78, 5) is 5.42. The van der Waals surface area contributed by atoms with Crippen molar-refractivity contribution in [3.8, 4) is 0 Å². The van der Waals surface area contributed by atoms with Gasteiger partial charge in [-0.05, 0) is 32.3 Å². The van der Waals surface area contributed by atoms with Crippen LogP contribution in [0.3, 0.4) is 0 Å². The molecule has 21 heavy (non-hydrogen) atoms. The van der Waals surface area contributed by atoms with Crippen molar-refractivity contribution < 1.29 is 0 Å². The van der Waals surface area contributed by atoms with Crippen LogP contribution in [0.1, 0.15) is 56.2 Å². The summed E-state index contributed by atoms with van der Waals surface area (Å²) in [5.74, 6) is 0. The fraction of sp³-hybridized carbons (Fsp3) is 0.684. The molecule has 2 nitrogen and oxygen atoms in total. The first kappa shape index (κ1) is 15.1. The Morgan fingerprint density at radius 2 is 1.52 bits per heavy atom. The molecule has 2 fully saturated rings. The van der Waals surface area contributed by atoms with Crippen molar-refractivity contribution in [3.05, 3.63) is 35.4 Å². The van der Waals surface area contributed by atoms with Gasteiger partial charge >= 0.3 is 0 Å². The van der Waals surface area contributed by atoms with Crippen molar-refractivity contribution in [1.82, 2.24) is 9.80 Å². The fourth-order valence-electron chi connectivity index (χ4n) is 3.99. The predicted molar refractivity (Wildman–Crippen MR) is 89.6 cm³/mol. The Bertz CT molecular complexity index is 425. The predicted octanol–water partition coefficient (Wildman–Crippen LogP) is 4.01. The van der Waals surface area contributed by atoms with Crippen molar-refractivity contribution >= 4 is 0 Å². The number of hydrogen-bond acceptors (Lipinski definition) is 2. The lowest BCUT2D eigenvalue weighted by molar-refractivity contribution is 0.0603. The van der Waals surface area contributed by atoms with Crippen molar-refractivity contribution in [3.63, 3.8) is 0 Å². The summed E-state index contributed by atoms with van der Waals surface area (Å²) in [6.45, 7) is 9.51. The highest BCUT2D eigenvalue weighted by molar-refractivity contribution is 5.23. The van der Waals surface area contributed by atoms with E-state index in [2.05, 4.69) is 47.9 Å². The molecule has 116 valence electrons. The number of hydrogen-bond donors (Lipinski definition) is 0. The maximum Gasteiger partial charge on any atom is 0.0320 e. The molecule has 0 aromatic heterocycles. The topological polar surface area (TPSA) is 6.48 Å². The number of piperazine rings is 1. The van der Waals surface area contributed by atoms with Crippen LogP contribution in [0.5, 0.6) is 0 Å². The molecule has 1 saturated heterocycles. The highest BCUT2D eigenvalue weighted by Crippen LogP contribution is 2.26. The Morgan fingerprint density at radius 3 is 2.14 bits per heavy atom. The minimum atomic E-state index is 0.555. The van der Waals surface area contributed by atoms with E-state index >= 15 is 0 Å². The van der Waals surface area contributed by atoms with Crippen LogP contribution in [0.2, 0.25) is 0 Å². The highest BCUT2D eigenvalue weighted by Gasteiger charge is 2.27. The average molecular weight is 286 g/mol. The monoisotopic (exact) mass is 286 g/mol. The van der Waals surface area contributed by atoms with Crippen molar-refractivity contribution in [2.45, 2.75) is 58.0 Å². The first-order chi connectivity index (χ1) is 10.2. The van der Waals surface area contributed by atoms with Crippen LogP contribution in [0, 0.1) is 6.92 Å². The van der Waals surface area contributed by atoms with E-state index in [0.717, 1.165) is 6.04 Å². The van der Waals surface area contributed by atoms with Gasteiger partial charge < -0.3 is 0 Å². The zero-order valence-electron chi connectivity index (χ0n) is 13.7. The molecule has 1 saturated carbocycles. The van der Waals surface area contributed by atoms with Crippen LogP contribution >= 0.6 is 0 Å². The molecule has 0 N–H and O–H groups in total. The molecule has 1 heterocycles. The van der Waals surface area contributed by atoms with E-state index in [4.69, 9.17) is 0 Å². The minimum Gasteiger partial charge on any atom is -0.298 e. The second-order valence-electron chi connectivity index (χ2n) is 6.95. The molecular weight excluding hydrogens is 256 g/mol. The molecule has 1 atom stereocenters. The van der Waals surface area contributed by atoms with E-state index in [1.54, 1.807) is 0 Å². The third-order valence-corrected chi connectivity index (χ3v) is 5.55. The third kappa shape index (κ3) is 3.67. The van der Waals surface area contributed by atoms with Gasteiger partial charge in [0.15, 0.2) is 0 Å². The summed E-state index contributed by atoms with van der Waals surface area (Å²) < 4.78 is 0. The van der Waals surface area contributed by atoms with E-state index in [9.17, 15) is 0 Å². The molecule has 1 aliphatic carbocycles. The Balaban J connectivity index is 1.53. The van der Waals surface area contributed by atoms with Gasteiger partial charge in [-0.15, -0.1) is 0 Å². The number of rotatable bonds is 3. The summed E-state index contributed by atoms with van der Waals surface area (Å²) in [6.07, 6.45) is 7.23. The van der Waals surface area contributed by atoms with Gasteiger partial charge in [-0.2, -0.15) is 0 Å². The molecule has 0 spiro atoms. The van der Waals surface area contributed by atoms with E-state index in [1.165, 1.54) is 69.4 Å². The lowest BCUT2D eigenvalue weighted by Crippen LogP contribution is -2.51. The molecular formula is C19H30N2. The maximum atomic E-state index is 2.76. The van der Waals surface area contributed by atoms with Crippen molar-refractivity contribution in [2.75, 3.05) is 26.2 Å². The fourth-order valence-corrected chi connectivity index (χ4v) is 3.99. The van der Waals surface area contributed by atoms with Gasteiger partial charge in [0.05, 0.1) is 0 Å².